The average molecular weight is 369 g/mol. The fourth-order valence-corrected chi connectivity index (χ4v) is 2.79. The summed E-state index contributed by atoms with van der Waals surface area (Å²) in [5, 5.41) is 5.70. The minimum atomic E-state index is -0.254. The molecule has 0 saturated heterocycles. The van der Waals surface area contributed by atoms with Crippen LogP contribution in [0.1, 0.15) is 28.4 Å². The molecule has 2 N–H and O–H groups in total. The largest absolute Gasteiger partial charge is 0.496 e. The lowest BCUT2D eigenvalue weighted by Gasteiger charge is -2.25. The number of ether oxygens (including phenoxy) is 1. The van der Waals surface area contributed by atoms with E-state index in [1.165, 1.54) is 7.11 Å². The van der Waals surface area contributed by atoms with Gasteiger partial charge in [-0.15, -0.1) is 0 Å². The van der Waals surface area contributed by atoms with E-state index in [1.54, 1.807) is 24.3 Å². The zero-order valence-corrected chi connectivity index (χ0v) is 16.1. The van der Waals surface area contributed by atoms with E-state index in [0.717, 1.165) is 5.56 Å². The first kappa shape index (κ1) is 20.5. The van der Waals surface area contributed by atoms with E-state index < -0.39 is 0 Å². The molecule has 2 aromatic rings. The van der Waals surface area contributed by atoms with Crippen LogP contribution in [0.2, 0.25) is 0 Å². The molecule has 1 atom stereocenters. The van der Waals surface area contributed by atoms with Gasteiger partial charge in [0.25, 0.3) is 5.91 Å². The van der Waals surface area contributed by atoms with Gasteiger partial charge in [0.2, 0.25) is 5.91 Å². The molecule has 0 bridgehead atoms. The molecule has 0 saturated carbocycles. The molecule has 27 heavy (non-hydrogen) atoms. The third-order valence-corrected chi connectivity index (χ3v) is 4.29. The highest BCUT2D eigenvalue weighted by molar-refractivity contribution is 5.97. The number of para-hydroxylation sites is 1. The van der Waals surface area contributed by atoms with E-state index in [4.69, 9.17) is 4.74 Å². The minimum Gasteiger partial charge on any atom is -0.496 e. The van der Waals surface area contributed by atoms with E-state index >= 15 is 0 Å². The highest BCUT2D eigenvalue weighted by Gasteiger charge is 2.15. The van der Waals surface area contributed by atoms with Crippen molar-refractivity contribution in [1.82, 2.24) is 15.5 Å². The Labute approximate surface area is 160 Å². The number of nitrogens with zero attached hydrogens (tertiary/aromatic N) is 1. The van der Waals surface area contributed by atoms with Crippen LogP contribution in [0, 0.1) is 0 Å². The molecule has 144 valence electrons. The summed E-state index contributed by atoms with van der Waals surface area (Å²) in [7, 11) is 5.49. The first-order valence-electron chi connectivity index (χ1n) is 8.92. The number of hydrogen-bond donors (Lipinski definition) is 2. The van der Waals surface area contributed by atoms with Gasteiger partial charge < -0.3 is 20.3 Å². The molecular weight excluding hydrogens is 342 g/mol. The smallest absolute Gasteiger partial charge is 0.255 e. The number of benzene rings is 2. The summed E-state index contributed by atoms with van der Waals surface area (Å²) < 4.78 is 5.18. The van der Waals surface area contributed by atoms with Crippen LogP contribution in [0.3, 0.4) is 0 Å². The molecule has 2 amide bonds. The maximum Gasteiger partial charge on any atom is 0.255 e. The molecule has 0 heterocycles. The van der Waals surface area contributed by atoms with E-state index in [2.05, 4.69) is 15.5 Å². The van der Waals surface area contributed by atoms with Crippen molar-refractivity contribution in [3.8, 4) is 5.75 Å². The van der Waals surface area contributed by atoms with Gasteiger partial charge in [-0.25, -0.2) is 0 Å². The summed E-state index contributed by atoms with van der Waals surface area (Å²) in [6, 6.07) is 17.1. The minimum absolute atomic E-state index is 0.0957. The van der Waals surface area contributed by atoms with Crippen LogP contribution < -0.4 is 15.4 Å². The maximum atomic E-state index is 12.2. The van der Waals surface area contributed by atoms with Crippen molar-refractivity contribution in [3.63, 3.8) is 0 Å². The van der Waals surface area contributed by atoms with Crippen molar-refractivity contribution in [2.24, 2.45) is 0 Å². The molecule has 2 aromatic carbocycles. The number of carbonyl (C=O) groups is 2. The molecule has 6 heteroatoms. The van der Waals surface area contributed by atoms with Gasteiger partial charge in [-0.1, -0.05) is 42.5 Å². The van der Waals surface area contributed by atoms with Gasteiger partial charge in [0.15, 0.2) is 0 Å². The Morgan fingerprint density at radius 3 is 2.33 bits per heavy atom. The van der Waals surface area contributed by atoms with Crippen molar-refractivity contribution in [2.45, 2.75) is 12.5 Å². The molecule has 0 aromatic heterocycles. The number of carbonyl (C=O) groups excluding carboxylic acids is 2. The van der Waals surface area contributed by atoms with E-state index in [-0.39, 0.29) is 30.8 Å². The van der Waals surface area contributed by atoms with E-state index in [1.807, 2.05) is 44.4 Å². The highest BCUT2D eigenvalue weighted by atomic mass is 16.5. The highest BCUT2D eigenvalue weighted by Crippen LogP contribution is 2.17. The summed E-state index contributed by atoms with van der Waals surface area (Å²) in [6.07, 6.45) is 0.218. The van der Waals surface area contributed by atoms with Crippen LogP contribution in [0.5, 0.6) is 5.75 Å². The second-order valence-electron chi connectivity index (χ2n) is 6.40. The topological polar surface area (TPSA) is 70.7 Å². The van der Waals surface area contributed by atoms with Gasteiger partial charge in [0.05, 0.1) is 18.7 Å². The molecule has 0 aliphatic carbocycles. The van der Waals surface area contributed by atoms with Crippen molar-refractivity contribution >= 4 is 11.8 Å². The lowest BCUT2D eigenvalue weighted by Crippen LogP contribution is -2.36. The SMILES string of the molecule is COc1ccccc1C(=O)NCCC(=O)NC[C@@H](c1ccccc1)N(C)C. The van der Waals surface area contributed by atoms with Gasteiger partial charge in [-0.3, -0.25) is 9.59 Å². The Morgan fingerprint density at radius 2 is 1.67 bits per heavy atom. The van der Waals surface area contributed by atoms with Crippen LogP contribution >= 0.6 is 0 Å². The third kappa shape index (κ3) is 6.11. The predicted octanol–water partition coefficient (Wildman–Crippen LogP) is 2.23. The van der Waals surface area contributed by atoms with E-state index in [9.17, 15) is 9.59 Å². The van der Waals surface area contributed by atoms with Crippen LogP contribution in [0.15, 0.2) is 54.6 Å². The molecule has 0 aliphatic rings. The molecule has 6 nitrogen and oxygen atoms in total. The first-order chi connectivity index (χ1) is 13.0. The Hall–Kier alpha value is -2.86. The van der Waals surface area contributed by atoms with Crippen LogP contribution in [0.25, 0.3) is 0 Å². The van der Waals surface area contributed by atoms with Gasteiger partial charge in [0.1, 0.15) is 5.75 Å². The standard InChI is InChI=1S/C21H27N3O3/c1-24(2)18(16-9-5-4-6-10-16)15-23-20(25)13-14-22-21(26)17-11-7-8-12-19(17)27-3/h4-12,18H,13-15H2,1-3H3,(H,22,26)(H,23,25)/t18-/m0/s1. The normalized spacial score (nSPS) is 11.7. The lowest BCUT2D eigenvalue weighted by molar-refractivity contribution is -0.121. The van der Waals surface area contributed by atoms with Crippen LogP contribution in [0.4, 0.5) is 0 Å². The summed E-state index contributed by atoms with van der Waals surface area (Å²) in [4.78, 5) is 26.4. The average Bonchev–Trinajstić information content (AvgIpc) is 2.68. The zero-order valence-electron chi connectivity index (χ0n) is 16.1. The monoisotopic (exact) mass is 369 g/mol. The number of amides is 2. The zero-order chi connectivity index (χ0) is 19.6. The predicted molar refractivity (Wildman–Crippen MR) is 106 cm³/mol. The van der Waals surface area contributed by atoms with Crippen LogP contribution in [-0.4, -0.2) is 51.0 Å². The van der Waals surface area contributed by atoms with Crippen molar-refractivity contribution < 1.29 is 14.3 Å². The van der Waals surface area contributed by atoms with Gasteiger partial charge in [-0.05, 0) is 31.8 Å². The van der Waals surface area contributed by atoms with Crippen molar-refractivity contribution in [1.29, 1.82) is 0 Å². The number of hydrogen-bond acceptors (Lipinski definition) is 4. The Balaban J connectivity index is 1.79. The summed E-state index contributed by atoms with van der Waals surface area (Å²) in [6.45, 7) is 0.775. The third-order valence-electron chi connectivity index (χ3n) is 4.29. The number of methoxy groups -OCH3 is 1. The second-order valence-corrected chi connectivity index (χ2v) is 6.40. The molecule has 0 radical (unpaired) electrons. The fraction of sp³-hybridized carbons (Fsp3) is 0.333. The second kappa shape index (κ2) is 10.3. The number of rotatable bonds is 9. The Bertz CT molecular complexity index is 747. The van der Waals surface area contributed by atoms with Gasteiger partial charge in [-0.2, -0.15) is 0 Å². The molecule has 2 rings (SSSR count). The first-order valence-corrected chi connectivity index (χ1v) is 8.92. The molecular formula is C21H27N3O3. The summed E-state index contributed by atoms with van der Waals surface area (Å²) in [5.41, 5.74) is 1.60. The van der Waals surface area contributed by atoms with Gasteiger partial charge in [0, 0.05) is 19.5 Å². The molecule has 0 unspecified atom stereocenters. The Morgan fingerprint density at radius 1 is 1.00 bits per heavy atom. The summed E-state index contributed by atoms with van der Waals surface area (Å²) in [5.74, 6) is 0.157. The lowest BCUT2D eigenvalue weighted by atomic mass is 10.1. The van der Waals surface area contributed by atoms with Crippen molar-refractivity contribution in [3.05, 3.63) is 65.7 Å². The van der Waals surface area contributed by atoms with Crippen molar-refractivity contribution in [2.75, 3.05) is 34.3 Å². The molecule has 0 aliphatic heterocycles. The molecule has 0 spiro atoms. The number of likely N-dealkylation sites (N-methyl/N-ethyl adjacent to an activating group) is 1. The maximum absolute atomic E-state index is 12.2. The van der Waals surface area contributed by atoms with Crippen LogP contribution in [-0.2, 0) is 4.79 Å². The quantitative estimate of drug-likeness (QED) is 0.711. The van der Waals surface area contributed by atoms with Gasteiger partial charge >= 0.3 is 0 Å². The fourth-order valence-electron chi connectivity index (χ4n) is 2.79. The Kier molecular flexibility index (Phi) is 7.82. The molecule has 0 fully saturated rings. The van der Waals surface area contributed by atoms with E-state index in [0.29, 0.717) is 17.9 Å². The summed E-state index contributed by atoms with van der Waals surface area (Å²) >= 11 is 0. The number of nitrogens with one attached hydrogen (secondary N) is 2.